The standard InChI is InChI=1S/C10H11N3S/c1-6-5-7(6)9-11-10(13-12-9)8-3-2-4-14-8/h2-4,6-7H,5H2,1H3,(H,11,12,13). The Morgan fingerprint density at radius 3 is 3.07 bits per heavy atom. The molecule has 1 saturated carbocycles. The molecule has 3 rings (SSSR count). The van der Waals surface area contributed by atoms with Crippen molar-refractivity contribution in [3.63, 3.8) is 0 Å². The van der Waals surface area contributed by atoms with Crippen molar-refractivity contribution >= 4 is 11.3 Å². The number of nitrogens with zero attached hydrogens (tertiary/aromatic N) is 2. The minimum atomic E-state index is 0.621. The first kappa shape index (κ1) is 8.17. The summed E-state index contributed by atoms with van der Waals surface area (Å²) in [6.45, 7) is 2.25. The number of aromatic nitrogens is 3. The third-order valence-corrected chi connectivity index (χ3v) is 3.57. The van der Waals surface area contributed by atoms with Gasteiger partial charge >= 0.3 is 0 Å². The van der Waals surface area contributed by atoms with Crippen LogP contribution in [0.15, 0.2) is 17.5 Å². The number of H-pyrrole nitrogens is 1. The first-order valence-electron chi connectivity index (χ1n) is 4.81. The lowest BCUT2D eigenvalue weighted by Crippen LogP contribution is -1.83. The van der Waals surface area contributed by atoms with Crippen molar-refractivity contribution in [3.8, 4) is 10.7 Å². The summed E-state index contributed by atoms with van der Waals surface area (Å²) in [7, 11) is 0. The topological polar surface area (TPSA) is 41.6 Å². The van der Waals surface area contributed by atoms with E-state index in [1.165, 1.54) is 6.42 Å². The monoisotopic (exact) mass is 205 g/mol. The molecule has 0 radical (unpaired) electrons. The molecule has 72 valence electrons. The molecule has 0 aromatic carbocycles. The molecule has 4 heteroatoms. The Balaban J connectivity index is 1.91. The molecule has 14 heavy (non-hydrogen) atoms. The fourth-order valence-electron chi connectivity index (χ4n) is 1.66. The summed E-state index contributed by atoms with van der Waals surface area (Å²) < 4.78 is 0. The van der Waals surface area contributed by atoms with Crippen LogP contribution in [-0.2, 0) is 0 Å². The van der Waals surface area contributed by atoms with E-state index in [1.54, 1.807) is 11.3 Å². The van der Waals surface area contributed by atoms with Gasteiger partial charge in [0, 0.05) is 5.92 Å². The van der Waals surface area contributed by atoms with Gasteiger partial charge in [-0.05, 0) is 23.8 Å². The molecule has 2 aromatic rings. The second-order valence-corrected chi connectivity index (χ2v) is 4.79. The van der Waals surface area contributed by atoms with E-state index in [9.17, 15) is 0 Å². The Morgan fingerprint density at radius 2 is 2.43 bits per heavy atom. The highest BCUT2D eigenvalue weighted by molar-refractivity contribution is 7.13. The summed E-state index contributed by atoms with van der Waals surface area (Å²) in [5.41, 5.74) is 0. The van der Waals surface area contributed by atoms with Gasteiger partial charge in [-0.25, -0.2) is 4.98 Å². The van der Waals surface area contributed by atoms with E-state index < -0.39 is 0 Å². The van der Waals surface area contributed by atoms with Gasteiger partial charge in [0.1, 0.15) is 5.82 Å². The third-order valence-electron chi connectivity index (χ3n) is 2.70. The first-order chi connectivity index (χ1) is 6.84. The van der Waals surface area contributed by atoms with Gasteiger partial charge in [-0.1, -0.05) is 13.0 Å². The normalized spacial score (nSPS) is 25.2. The lowest BCUT2D eigenvalue weighted by molar-refractivity contribution is 0.848. The van der Waals surface area contributed by atoms with Crippen LogP contribution in [0.4, 0.5) is 0 Å². The van der Waals surface area contributed by atoms with Crippen molar-refractivity contribution in [1.82, 2.24) is 15.2 Å². The average molecular weight is 205 g/mol. The number of hydrogen-bond acceptors (Lipinski definition) is 3. The van der Waals surface area contributed by atoms with E-state index in [4.69, 9.17) is 0 Å². The van der Waals surface area contributed by atoms with E-state index in [-0.39, 0.29) is 0 Å². The molecule has 3 nitrogen and oxygen atoms in total. The zero-order valence-corrected chi connectivity index (χ0v) is 8.71. The summed E-state index contributed by atoms with van der Waals surface area (Å²) in [5, 5.41) is 9.31. The Bertz CT molecular complexity index is 432. The molecule has 0 amide bonds. The molecule has 2 atom stereocenters. The van der Waals surface area contributed by atoms with Gasteiger partial charge in [-0.15, -0.1) is 11.3 Å². The van der Waals surface area contributed by atoms with Crippen molar-refractivity contribution in [2.24, 2.45) is 5.92 Å². The van der Waals surface area contributed by atoms with Crippen LogP contribution in [0.5, 0.6) is 0 Å². The van der Waals surface area contributed by atoms with Crippen molar-refractivity contribution in [3.05, 3.63) is 23.3 Å². The lowest BCUT2D eigenvalue weighted by Gasteiger charge is -1.87. The van der Waals surface area contributed by atoms with E-state index in [2.05, 4.69) is 22.1 Å². The maximum Gasteiger partial charge on any atom is 0.191 e. The Kier molecular flexibility index (Phi) is 1.70. The van der Waals surface area contributed by atoms with Crippen LogP contribution in [-0.4, -0.2) is 15.2 Å². The Hall–Kier alpha value is -1.16. The quantitative estimate of drug-likeness (QED) is 0.819. The van der Waals surface area contributed by atoms with Crippen LogP contribution in [0.3, 0.4) is 0 Å². The summed E-state index contributed by atoms with van der Waals surface area (Å²) >= 11 is 1.68. The summed E-state index contributed by atoms with van der Waals surface area (Å²) in [6, 6.07) is 4.07. The third kappa shape index (κ3) is 1.26. The number of nitrogens with one attached hydrogen (secondary N) is 1. The van der Waals surface area contributed by atoms with E-state index in [0.29, 0.717) is 5.92 Å². The summed E-state index contributed by atoms with van der Waals surface area (Å²) in [5.74, 6) is 3.30. The van der Waals surface area contributed by atoms with Crippen LogP contribution in [0.1, 0.15) is 25.1 Å². The van der Waals surface area contributed by atoms with Crippen LogP contribution in [0, 0.1) is 5.92 Å². The number of rotatable bonds is 2. The maximum atomic E-state index is 4.51. The van der Waals surface area contributed by atoms with Crippen molar-refractivity contribution < 1.29 is 0 Å². The molecule has 1 N–H and O–H groups in total. The number of hydrogen-bond donors (Lipinski definition) is 1. The van der Waals surface area contributed by atoms with Gasteiger partial charge in [0.05, 0.1) is 4.88 Å². The van der Waals surface area contributed by atoms with Gasteiger partial charge in [-0.2, -0.15) is 5.10 Å². The zero-order chi connectivity index (χ0) is 9.54. The van der Waals surface area contributed by atoms with Crippen molar-refractivity contribution in [2.75, 3.05) is 0 Å². The van der Waals surface area contributed by atoms with E-state index in [1.807, 2.05) is 17.5 Å². The molecule has 1 aliphatic rings. The predicted octanol–water partition coefficient (Wildman–Crippen LogP) is 2.66. The first-order valence-corrected chi connectivity index (χ1v) is 5.69. The van der Waals surface area contributed by atoms with Crippen molar-refractivity contribution in [2.45, 2.75) is 19.3 Å². The predicted molar refractivity (Wildman–Crippen MR) is 56.2 cm³/mol. The van der Waals surface area contributed by atoms with Crippen LogP contribution >= 0.6 is 11.3 Å². The minimum Gasteiger partial charge on any atom is -0.262 e. The van der Waals surface area contributed by atoms with Gasteiger partial charge in [-0.3, -0.25) is 5.10 Å². The molecule has 2 unspecified atom stereocenters. The van der Waals surface area contributed by atoms with Crippen LogP contribution in [0.2, 0.25) is 0 Å². The fraction of sp³-hybridized carbons (Fsp3) is 0.400. The highest BCUT2D eigenvalue weighted by Gasteiger charge is 2.36. The maximum absolute atomic E-state index is 4.51. The van der Waals surface area contributed by atoms with Gasteiger partial charge in [0.15, 0.2) is 5.82 Å². The highest BCUT2D eigenvalue weighted by atomic mass is 32.1. The van der Waals surface area contributed by atoms with E-state index in [0.717, 1.165) is 22.4 Å². The fourth-order valence-corrected chi connectivity index (χ4v) is 2.32. The number of aromatic amines is 1. The zero-order valence-electron chi connectivity index (χ0n) is 7.90. The molecular formula is C10H11N3S. The van der Waals surface area contributed by atoms with Gasteiger partial charge in [0.25, 0.3) is 0 Å². The molecule has 1 fully saturated rings. The molecule has 1 aliphatic carbocycles. The van der Waals surface area contributed by atoms with Gasteiger partial charge < -0.3 is 0 Å². The van der Waals surface area contributed by atoms with Gasteiger partial charge in [0.2, 0.25) is 0 Å². The van der Waals surface area contributed by atoms with Crippen molar-refractivity contribution in [1.29, 1.82) is 0 Å². The minimum absolute atomic E-state index is 0.621. The Morgan fingerprint density at radius 1 is 1.57 bits per heavy atom. The Labute approximate surface area is 86.2 Å². The molecule has 2 heterocycles. The molecular weight excluding hydrogens is 194 g/mol. The molecule has 0 aliphatic heterocycles. The van der Waals surface area contributed by atoms with Crippen LogP contribution < -0.4 is 0 Å². The molecule has 0 spiro atoms. The summed E-state index contributed by atoms with van der Waals surface area (Å²) in [6.07, 6.45) is 1.25. The second-order valence-electron chi connectivity index (χ2n) is 3.84. The highest BCUT2D eigenvalue weighted by Crippen LogP contribution is 2.45. The molecule has 2 aromatic heterocycles. The SMILES string of the molecule is CC1CC1c1nc(-c2cccs2)n[nH]1. The smallest absolute Gasteiger partial charge is 0.191 e. The second kappa shape index (κ2) is 2.92. The number of thiophene rings is 1. The average Bonchev–Trinajstić information content (AvgIpc) is 2.72. The lowest BCUT2D eigenvalue weighted by atomic mass is 10.3. The molecule has 0 saturated heterocycles. The van der Waals surface area contributed by atoms with Crippen LogP contribution in [0.25, 0.3) is 10.7 Å². The van der Waals surface area contributed by atoms with E-state index >= 15 is 0 Å². The largest absolute Gasteiger partial charge is 0.262 e. The summed E-state index contributed by atoms with van der Waals surface area (Å²) in [4.78, 5) is 5.65. The molecule has 0 bridgehead atoms.